The molecule has 9 nitrogen and oxygen atoms in total. The van der Waals surface area contributed by atoms with E-state index < -0.39 is 11.5 Å². The highest BCUT2D eigenvalue weighted by Gasteiger charge is 2.15. The molecule has 4 rings (SSSR count). The first-order chi connectivity index (χ1) is 15.2. The van der Waals surface area contributed by atoms with Gasteiger partial charge in [0.15, 0.2) is 6.61 Å². The van der Waals surface area contributed by atoms with Gasteiger partial charge in [-0.3, -0.25) is 4.79 Å². The molecule has 0 fully saturated rings. The number of amides is 1. The lowest BCUT2D eigenvalue weighted by molar-refractivity contribution is -0.118. The number of ether oxygens (including phenoxy) is 1. The van der Waals surface area contributed by atoms with Crippen molar-refractivity contribution in [2.45, 2.75) is 27.7 Å². The number of anilines is 1. The van der Waals surface area contributed by atoms with Crippen LogP contribution in [0.4, 0.5) is 5.82 Å². The second-order valence-corrected chi connectivity index (χ2v) is 7.80. The molecule has 0 aliphatic rings. The number of fused-ring (bicyclic) bond motifs is 1. The molecule has 1 N–H and O–H groups in total. The summed E-state index contributed by atoms with van der Waals surface area (Å²) in [4.78, 5) is 33.0. The summed E-state index contributed by atoms with van der Waals surface area (Å²) in [7, 11) is 0. The van der Waals surface area contributed by atoms with Gasteiger partial charge < -0.3 is 14.5 Å². The summed E-state index contributed by atoms with van der Waals surface area (Å²) in [5.74, 6) is 0.560. The Morgan fingerprint density at radius 3 is 2.50 bits per heavy atom. The lowest BCUT2D eigenvalue weighted by Gasteiger charge is -2.11. The van der Waals surface area contributed by atoms with Crippen LogP contribution < -0.4 is 15.7 Å². The average Bonchev–Trinajstić information content (AvgIpc) is 3.06. The third-order valence-electron chi connectivity index (χ3n) is 4.62. The number of halogens is 1. The first-order valence-electron chi connectivity index (χ1n) is 9.75. The largest absolute Gasteiger partial charge is 0.482 e. The van der Waals surface area contributed by atoms with Crippen LogP contribution in [0, 0.1) is 27.7 Å². The SMILES string of the molecule is Cc1cc(C)nc(-n2nc(C)cc2NC(=O)COc2cc3oc(=O)cc(C)c3cc2Cl)n1. The molecule has 0 saturated carbocycles. The number of hydrogen-bond donors (Lipinski definition) is 1. The second-order valence-electron chi connectivity index (χ2n) is 7.40. The van der Waals surface area contributed by atoms with E-state index in [2.05, 4.69) is 20.4 Å². The van der Waals surface area contributed by atoms with Gasteiger partial charge in [-0.15, -0.1) is 0 Å². The van der Waals surface area contributed by atoms with Crippen LogP contribution in [0.2, 0.25) is 5.02 Å². The molecule has 32 heavy (non-hydrogen) atoms. The van der Waals surface area contributed by atoms with Crippen molar-refractivity contribution >= 4 is 34.3 Å². The Balaban J connectivity index is 1.53. The maximum Gasteiger partial charge on any atom is 0.336 e. The number of carbonyl (C=O) groups excluding carboxylic acids is 1. The Bertz CT molecular complexity index is 1390. The predicted octanol–water partition coefficient (Wildman–Crippen LogP) is 3.67. The first kappa shape index (κ1) is 21.5. The molecule has 0 aliphatic heterocycles. The Morgan fingerprint density at radius 2 is 1.78 bits per heavy atom. The van der Waals surface area contributed by atoms with Crippen LogP contribution >= 0.6 is 11.6 Å². The molecule has 0 saturated heterocycles. The van der Waals surface area contributed by atoms with Crippen LogP contribution in [0.15, 0.2) is 39.5 Å². The molecule has 3 heterocycles. The van der Waals surface area contributed by atoms with Gasteiger partial charge in [0.05, 0.1) is 10.7 Å². The van der Waals surface area contributed by atoms with E-state index in [1.165, 1.54) is 16.8 Å². The summed E-state index contributed by atoms with van der Waals surface area (Å²) in [6.07, 6.45) is 0. The number of carbonyl (C=O) groups is 1. The van der Waals surface area contributed by atoms with E-state index >= 15 is 0 Å². The van der Waals surface area contributed by atoms with E-state index in [1.54, 1.807) is 26.0 Å². The van der Waals surface area contributed by atoms with Gasteiger partial charge in [0, 0.05) is 35.0 Å². The van der Waals surface area contributed by atoms with E-state index in [4.69, 9.17) is 20.8 Å². The number of nitrogens with zero attached hydrogens (tertiary/aromatic N) is 4. The molecule has 10 heteroatoms. The van der Waals surface area contributed by atoms with Crippen molar-refractivity contribution in [1.82, 2.24) is 19.7 Å². The number of hydrogen-bond acceptors (Lipinski definition) is 7. The van der Waals surface area contributed by atoms with E-state index in [-0.39, 0.29) is 12.4 Å². The van der Waals surface area contributed by atoms with E-state index in [0.717, 1.165) is 17.0 Å². The molecule has 4 aromatic rings. The lowest BCUT2D eigenvalue weighted by atomic mass is 10.1. The van der Waals surface area contributed by atoms with E-state index in [0.29, 0.717) is 33.5 Å². The first-order valence-corrected chi connectivity index (χ1v) is 10.1. The quantitative estimate of drug-likeness (QED) is 0.459. The molecule has 1 amide bonds. The minimum absolute atomic E-state index is 0.227. The van der Waals surface area contributed by atoms with Crippen molar-refractivity contribution in [3.05, 3.63) is 68.4 Å². The molecular weight excluding hydrogens is 434 g/mol. The zero-order valence-electron chi connectivity index (χ0n) is 17.9. The summed E-state index contributed by atoms with van der Waals surface area (Å²) in [6.45, 7) is 6.98. The number of aryl methyl sites for hydroxylation is 4. The summed E-state index contributed by atoms with van der Waals surface area (Å²) in [6, 6.07) is 8.08. The maximum atomic E-state index is 12.6. The fourth-order valence-corrected chi connectivity index (χ4v) is 3.51. The Hall–Kier alpha value is -3.72. The van der Waals surface area contributed by atoms with Crippen molar-refractivity contribution in [3.63, 3.8) is 0 Å². The van der Waals surface area contributed by atoms with Gasteiger partial charge >= 0.3 is 5.63 Å². The van der Waals surface area contributed by atoms with E-state index in [9.17, 15) is 9.59 Å². The molecule has 0 unspecified atom stereocenters. The molecule has 164 valence electrons. The molecular formula is C22H20ClN5O4. The van der Waals surface area contributed by atoms with Gasteiger partial charge in [0.2, 0.25) is 0 Å². The van der Waals surface area contributed by atoms with Crippen molar-refractivity contribution in [1.29, 1.82) is 0 Å². The van der Waals surface area contributed by atoms with Gasteiger partial charge in [-0.2, -0.15) is 9.78 Å². The summed E-state index contributed by atoms with van der Waals surface area (Å²) >= 11 is 6.29. The van der Waals surface area contributed by atoms with Gasteiger partial charge in [-0.1, -0.05) is 11.6 Å². The topological polar surface area (TPSA) is 112 Å². The van der Waals surface area contributed by atoms with E-state index in [1.807, 2.05) is 19.9 Å². The third kappa shape index (κ3) is 4.47. The zero-order valence-corrected chi connectivity index (χ0v) is 18.6. The number of benzene rings is 1. The monoisotopic (exact) mass is 453 g/mol. The minimum atomic E-state index is -0.474. The molecule has 0 bridgehead atoms. The average molecular weight is 454 g/mol. The molecule has 0 atom stereocenters. The second kappa shape index (κ2) is 8.43. The fraction of sp³-hybridized carbons (Fsp3) is 0.227. The molecule has 0 spiro atoms. The van der Waals surface area contributed by atoms with Crippen molar-refractivity contribution in [2.75, 3.05) is 11.9 Å². The smallest absolute Gasteiger partial charge is 0.336 e. The molecule has 3 aromatic heterocycles. The van der Waals surface area contributed by atoms with Gasteiger partial charge in [0.25, 0.3) is 11.9 Å². The van der Waals surface area contributed by atoms with Gasteiger partial charge in [0.1, 0.15) is 17.2 Å². The number of rotatable bonds is 5. The van der Waals surface area contributed by atoms with Crippen LogP contribution in [0.25, 0.3) is 16.9 Å². The number of aromatic nitrogens is 4. The highest BCUT2D eigenvalue weighted by Crippen LogP contribution is 2.31. The predicted molar refractivity (Wildman–Crippen MR) is 120 cm³/mol. The Morgan fingerprint density at radius 1 is 1.06 bits per heavy atom. The van der Waals surface area contributed by atoms with Crippen LogP contribution in [0.5, 0.6) is 5.75 Å². The van der Waals surface area contributed by atoms with Crippen molar-refractivity contribution in [3.8, 4) is 11.7 Å². The van der Waals surface area contributed by atoms with Crippen LogP contribution in [0.3, 0.4) is 0 Å². The molecule has 0 radical (unpaired) electrons. The van der Waals surface area contributed by atoms with Gasteiger partial charge in [-0.25, -0.2) is 14.8 Å². The summed E-state index contributed by atoms with van der Waals surface area (Å²) in [5.41, 5.74) is 2.85. The Labute approximate surface area is 188 Å². The minimum Gasteiger partial charge on any atom is -0.482 e. The summed E-state index contributed by atoms with van der Waals surface area (Å²) < 4.78 is 12.3. The Kier molecular flexibility index (Phi) is 5.67. The van der Waals surface area contributed by atoms with Gasteiger partial charge in [-0.05, 0) is 45.4 Å². The van der Waals surface area contributed by atoms with Crippen molar-refractivity contribution < 1.29 is 13.9 Å². The normalized spacial score (nSPS) is 11.0. The highest BCUT2D eigenvalue weighted by molar-refractivity contribution is 6.32. The van der Waals surface area contributed by atoms with Crippen LogP contribution in [-0.2, 0) is 4.79 Å². The van der Waals surface area contributed by atoms with Crippen molar-refractivity contribution in [2.24, 2.45) is 0 Å². The lowest BCUT2D eigenvalue weighted by Crippen LogP contribution is -2.22. The maximum absolute atomic E-state index is 12.6. The zero-order chi connectivity index (χ0) is 23.0. The standard InChI is InChI=1S/C22H20ClN5O4/c1-11-5-21(30)32-17-9-18(16(23)8-15(11)17)31-10-20(29)26-19-7-14(4)27-28(19)22-24-12(2)6-13(3)25-22/h5-9H,10H2,1-4H3,(H,26,29). The third-order valence-corrected chi connectivity index (χ3v) is 4.92. The highest BCUT2D eigenvalue weighted by atomic mass is 35.5. The number of nitrogens with one attached hydrogen (secondary N) is 1. The fourth-order valence-electron chi connectivity index (χ4n) is 3.30. The molecule has 0 aliphatic carbocycles. The summed E-state index contributed by atoms with van der Waals surface area (Å²) in [5, 5.41) is 8.12. The van der Waals surface area contributed by atoms with Crippen LogP contribution in [0.1, 0.15) is 22.6 Å². The van der Waals surface area contributed by atoms with Crippen LogP contribution in [-0.4, -0.2) is 32.3 Å². The molecule has 1 aromatic carbocycles.